The van der Waals surface area contributed by atoms with E-state index in [2.05, 4.69) is 4.98 Å². The minimum absolute atomic E-state index is 0.113. The molecule has 0 bridgehead atoms. The molecular weight excluding hydrogens is 568 g/mol. The molecule has 0 aliphatic carbocycles. The van der Waals surface area contributed by atoms with E-state index in [1.807, 2.05) is 6.07 Å². The van der Waals surface area contributed by atoms with Crippen molar-refractivity contribution in [2.45, 2.75) is 37.1 Å². The van der Waals surface area contributed by atoms with Crippen LogP contribution < -0.4 is 11.4 Å². The van der Waals surface area contributed by atoms with Crippen molar-refractivity contribution in [3.63, 3.8) is 0 Å². The van der Waals surface area contributed by atoms with Crippen molar-refractivity contribution < 1.29 is 33.3 Å². The highest BCUT2D eigenvalue weighted by molar-refractivity contribution is 5.91. The van der Waals surface area contributed by atoms with Gasteiger partial charge in [0.15, 0.2) is 6.10 Å². The average molecular weight is 595 g/mol. The molecule has 1 unspecified atom stereocenters. The molecular formula is C32H26N4O8. The molecule has 222 valence electrons. The van der Waals surface area contributed by atoms with Crippen LogP contribution in [0, 0.1) is 11.3 Å². The molecule has 4 aromatic rings. The summed E-state index contributed by atoms with van der Waals surface area (Å²) in [6.07, 6.45) is -4.76. The fourth-order valence-electron chi connectivity index (χ4n) is 4.78. The van der Waals surface area contributed by atoms with Gasteiger partial charge in [-0.25, -0.2) is 19.2 Å². The van der Waals surface area contributed by atoms with Gasteiger partial charge in [0.1, 0.15) is 24.1 Å². The quantitative estimate of drug-likeness (QED) is 0.235. The van der Waals surface area contributed by atoms with Gasteiger partial charge < -0.3 is 24.7 Å². The second kappa shape index (κ2) is 12.6. The Hall–Kier alpha value is -5.80. The van der Waals surface area contributed by atoms with Gasteiger partial charge in [-0.2, -0.15) is 10.2 Å². The van der Waals surface area contributed by atoms with Gasteiger partial charge in [0.2, 0.25) is 6.10 Å². The zero-order valence-electron chi connectivity index (χ0n) is 23.3. The van der Waals surface area contributed by atoms with Crippen molar-refractivity contribution in [2.24, 2.45) is 0 Å². The van der Waals surface area contributed by atoms with E-state index >= 15 is 0 Å². The Bertz CT molecular complexity index is 1760. The van der Waals surface area contributed by atoms with Gasteiger partial charge in [0.05, 0.1) is 16.7 Å². The summed E-state index contributed by atoms with van der Waals surface area (Å²) in [6, 6.07) is 27.1. The van der Waals surface area contributed by atoms with E-state index in [1.165, 1.54) is 37.3 Å². The highest BCUT2D eigenvalue weighted by Gasteiger charge is 2.64. The van der Waals surface area contributed by atoms with Crippen molar-refractivity contribution in [1.82, 2.24) is 9.55 Å². The van der Waals surface area contributed by atoms with Crippen LogP contribution >= 0.6 is 0 Å². The lowest BCUT2D eigenvalue weighted by atomic mass is 10.00. The SMILES string of the molecule is C[C@@H](OC(=O)c1ccccc1)[C@H]1O[C@@](C#N)(n2ccc(N)nc2=O)C(OC(=O)c2ccccc2)[C@@H]1OC(=O)c1ccccc1. The van der Waals surface area contributed by atoms with Gasteiger partial charge in [-0.15, -0.1) is 0 Å². The third-order valence-electron chi connectivity index (χ3n) is 6.93. The highest BCUT2D eigenvalue weighted by atomic mass is 16.7. The number of nitrogens with two attached hydrogens (primary N) is 1. The number of carbonyl (C=O) groups is 3. The summed E-state index contributed by atoms with van der Waals surface area (Å²) >= 11 is 0. The summed E-state index contributed by atoms with van der Waals surface area (Å²) in [5.74, 6) is -2.61. The molecule has 3 aromatic carbocycles. The Kier molecular flexibility index (Phi) is 8.50. The summed E-state index contributed by atoms with van der Waals surface area (Å²) < 4.78 is 24.4. The number of hydrogen-bond acceptors (Lipinski definition) is 11. The number of nitrogen functional groups attached to an aromatic ring is 1. The molecule has 44 heavy (non-hydrogen) atoms. The molecule has 5 rings (SSSR count). The number of rotatable bonds is 8. The first-order chi connectivity index (χ1) is 21.2. The molecule has 2 heterocycles. The smallest absolute Gasteiger partial charge is 0.352 e. The summed E-state index contributed by atoms with van der Waals surface area (Å²) in [4.78, 5) is 56.5. The number of aromatic nitrogens is 2. The predicted molar refractivity (Wildman–Crippen MR) is 154 cm³/mol. The van der Waals surface area contributed by atoms with Crippen molar-refractivity contribution in [3.8, 4) is 6.07 Å². The zero-order chi connectivity index (χ0) is 31.3. The molecule has 2 N–H and O–H groups in total. The topological polar surface area (TPSA) is 173 Å². The van der Waals surface area contributed by atoms with Crippen molar-refractivity contribution in [1.29, 1.82) is 5.26 Å². The third kappa shape index (κ3) is 5.90. The molecule has 1 aromatic heterocycles. The molecule has 12 nitrogen and oxygen atoms in total. The Labute approximate surface area is 251 Å². The van der Waals surface area contributed by atoms with Crippen molar-refractivity contribution in [2.75, 3.05) is 5.73 Å². The third-order valence-corrected chi connectivity index (χ3v) is 6.93. The highest BCUT2D eigenvalue weighted by Crippen LogP contribution is 2.41. The van der Waals surface area contributed by atoms with Gasteiger partial charge >= 0.3 is 23.6 Å². The van der Waals surface area contributed by atoms with Crippen LogP contribution in [-0.4, -0.2) is 51.9 Å². The Morgan fingerprint density at radius 2 is 1.36 bits per heavy atom. The lowest BCUT2D eigenvalue weighted by Gasteiger charge is -2.30. The number of esters is 3. The number of carbonyl (C=O) groups excluding carboxylic acids is 3. The molecule has 0 spiro atoms. The van der Waals surface area contributed by atoms with Crippen LogP contribution in [0.15, 0.2) is 108 Å². The van der Waals surface area contributed by atoms with Crippen molar-refractivity contribution >= 4 is 23.7 Å². The maximum Gasteiger partial charge on any atom is 0.352 e. The Balaban J connectivity index is 1.61. The van der Waals surface area contributed by atoms with Crippen LogP contribution in [0.4, 0.5) is 5.82 Å². The first-order valence-corrected chi connectivity index (χ1v) is 13.5. The van der Waals surface area contributed by atoms with Gasteiger partial charge in [-0.3, -0.25) is 4.57 Å². The van der Waals surface area contributed by atoms with E-state index < -0.39 is 53.7 Å². The molecule has 5 atom stereocenters. The maximum atomic E-state index is 13.4. The Morgan fingerprint density at radius 1 is 0.864 bits per heavy atom. The monoisotopic (exact) mass is 594 g/mol. The molecule has 12 heteroatoms. The number of ether oxygens (including phenoxy) is 4. The second-order valence-corrected chi connectivity index (χ2v) is 9.80. The molecule has 0 radical (unpaired) electrons. The molecule has 1 aliphatic heterocycles. The lowest BCUT2D eigenvalue weighted by molar-refractivity contribution is -0.127. The van der Waals surface area contributed by atoms with Crippen LogP contribution in [0.2, 0.25) is 0 Å². The van der Waals surface area contributed by atoms with Crippen LogP contribution in [0.3, 0.4) is 0 Å². The van der Waals surface area contributed by atoms with E-state index in [9.17, 15) is 24.4 Å². The van der Waals surface area contributed by atoms with Gasteiger partial charge in [-0.05, 0) is 49.4 Å². The summed E-state index contributed by atoms with van der Waals surface area (Å²) in [5.41, 5.74) is 2.74. The predicted octanol–water partition coefficient (Wildman–Crippen LogP) is 3.10. The van der Waals surface area contributed by atoms with Crippen LogP contribution in [0.5, 0.6) is 0 Å². The van der Waals surface area contributed by atoms with Gasteiger partial charge in [-0.1, -0.05) is 54.6 Å². The van der Waals surface area contributed by atoms with Crippen LogP contribution in [0.25, 0.3) is 0 Å². The van der Waals surface area contributed by atoms with Gasteiger partial charge in [0, 0.05) is 6.20 Å². The molecule has 1 fully saturated rings. The van der Waals surface area contributed by atoms with E-state index in [-0.39, 0.29) is 22.5 Å². The summed E-state index contributed by atoms with van der Waals surface area (Å²) in [6.45, 7) is 1.46. The molecule has 0 amide bonds. The number of benzene rings is 3. The zero-order valence-corrected chi connectivity index (χ0v) is 23.3. The minimum atomic E-state index is -2.43. The summed E-state index contributed by atoms with van der Waals surface area (Å²) in [7, 11) is 0. The van der Waals surface area contributed by atoms with Crippen molar-refractivity contribution in [3.05, 3.63) is 130 Å². The van der Waals surface area contributed by atoms with Crippen LogP contribution in [-0.2, 0) is 24.7 Å². The second-order valence-electron chi connectivity index (χ2n) is 9.80. The Morgan fingerprint density at radius 3 is 1.86 bits per heavy atom. The van der Waals surface area contributed by atoms with Gasteiger partial charge in [0.25, 0.3) is 5.72 Å². The lowest BCUT2D eigenvalue weighted by Crippen LogP contribution is -2.52. The molecule has 1 saturated heterocycles. The number of anilines is 1. The van der Waals surface area contributed by atoms with E-state index in [4.69, 9.17) is 24.7 Å². The fourth-order valence-corrected chi connectivity index (χ4v) is 4.78. The maximum absolute atomic E-state index is 13.4. The first-order valence-electron chi connectivity index (χ1n) is 13.5. The van der Waals surface area contributed by atoms with E-state index in [0.717, 1.165) is 10.8 Å². The largest absolute Gasteiger partial charge is 0.456 e. The normalized spacial score (nSPS) is 21.4. The standard InChI is InChI=1S/C32H26N4O8/c1-20(41-28(37)21-11-5-2-6-12-21)25-26(42-29(38)22-13-7-3-8-14-22)27(43-30(39)23-15-9-4-10-16-23)32(19-33,44-25)36-18-17-24(34)35-31(36)40/h2-18,20,25-27H,1H3,(H2,34,35,40)/t20-,25-,26-,27?,32-/m1/s1. The summed E-state index contributed by atoms with van der Waals surface area (Å²) in [5, 5.41) is 10.6. The number of nitriles is 1. The number of hydrogen-bond donors (Lipinski definition) is 1. The van der Waals surface area contributed by atoms with E-state index in [1.54, 1.807) is 66.7 Å². The fraction of sp³-hybridized carbons (Fsp3) is 0.188. The first kappa shape index (κ1) is 29.7. The minimum Gasteiger partial charge on any atom is -0.456 e. The van der Waals surface area contributed by atoms with E-state index in [0.29, 0.717) is 0 Å². The van der Waals surface area contributed by atoms with Crippen LogP contribution in [0.1, 0.15) is 38.0 Å². The molecule has 0 saturated carbocycles. The average Bonchev–Trinajstić information content (AvgIpc) is 3.35. The number of nitrogens with zero attached hydrogens (tertiary/aromatic N) is 3. The molecule has 1 aliphatic rings.